The van der Waals surface area contributed by atoms with Gasteiger partial charge in [-0.25, -0.2) is 14.6 Å². The van der Waals surface area contributed by atoms with Gasteiger partial charge in [0.15, 0.2) is 0 Å². The Bertz CT molecular complexity index is 1280. The standard InChI is InChI=1S/C27H35NO3.C6H5NO2/c1-4-30-25(29)31-20-11-13-26(2)19(16-20)7-8-21-23-10-9-22(18-6-5-15-28-17-18)27(23,3)14-12-24(21)26;8-6(9)5-3-1-2-4-7-5/h5-7,9,15,17,20-21,23-24H,4,8,10-14,16H2,1-3H3;1-4H,(H,8,9)/t20?,21?,23?,24?,26-,27+;/m0./s1. The molecular weight excluding hydrogens is 504 g/mol. The average Bonchev–Trinajstić information content (AvgIpc) is 3.32. The van der Waals surface area contributed by atoms with Gasteiger partial charge in [0.1, 0.15) is 11.8 Å². The fourth-order valence-corrected chi connectivity index (χ4v) is 8.04. The number of ether oxygens (including phenoxy) is 2. The number of carboxylic acid groups (broad SMARTS) is 1. The van der Waals surface area contributed by atoms with E-state index >= 15 is 0 Å². The number of carboxylic acids is 1. The number of rotatable bonds is 4. The van der Waals surface area contributed by atoms with Gasteiger partial charge < -0.3 is 14.6 Å². The molecule has 0 saturated heterocycles. The van der Waals surface area contributed by atoms with Gasteiger partial charge in [-0.3, -0.25) is 4.98 Å². The summed E-state index contributed by atoms with van der Waals surface area (Å²) in [6.07, 6.45) is 17.6. The molecule has 40 heavy (non-hydrogen) atoms. The molecule has 212 valence electrons. The lowest BCUT2D eigenvalue weighted by Crippen LogP contribution is -2.50. The van der Waals surface area contributed by atoms with Crippen molar-refractivity contribution in [3.8, 4) is 0 Å². The number of aromatic carboxylic acids is 1. The summed E-state index contributed by atoms with van der Waals surface area (Å²) in [4.78, 5) is 29.9. The topological polar surface area (TPSA) is 98.6 Å². The van der Waals surface area contributed by atoms with Crippen LogP contribution in [0.25, 0.3) is 5.57 Å². The van der Waals surface area contributed by atoms with E-state index in [0.29, 0.717) is 12.5 Å². The Morgan fingerprint density at radius 3 is 2.50 bits per heavy atom. The van der Waals surface area contributed by atoms with Crippen LogP contribution in [0.3, 0.4) is 0 Å². The summed E-state index contributed by atoms with van der Waals surface area (Å²) in [5.41, 5.74) is 4.94. The van der Waals surface area contributed by atoms with Gasteiger partial charge in [-0.05, 0) is 103 Å². The molecule has 4 aliphatic rings. The first-order chi connectivity index (χ1) is 19.3. The lowest BCUT2D eigenvalue weighted by molar-refractivity contribution is -0.0353. The Balaban J connectivity index is 0.000000306. The van der Waals surface area contributed by atoms with E-state index in [9.17, 15) is 9.59 Å². The molecule has 0 bridgehead atoms. The second kappa shape index (κ2) is 11.6. The zero-order valence-corrected chi connectivity index (χ0v) is 23.7. The normalized spacial score (nSPS) is 32.1. The largest absolute Gasteiger partial charge is 0.508 e. The Labute approximate surface area is 236 Å². The molecule has 0 radical (unpaired) electrons. The van der Waals surface area contributed by atoms with E-state index < -0.39 is 12.1 Å². The van der Waals surface area contributed by atoms with Crippen molar-refractivity contribution in [2.75, 3.05) is 6.61 Å². The molecule has 2 aromatic rings. The van der Waals surface area contributed by atoms with E-state index in [4.69, 9.17) is 14.6 Å². The van der Waals surface area contributed by atoms with Crippen LogP contribution < -0.4 is 0 Å². The van der Waals surface area contributed by atoms with Gasteiger partial charge in [-0.15, -0.1) is 0 Å². The van der Waals surface area contributed by atoms with Crippen LogP contribution in [0.2, 0.25) is 0 Å². The highest BCUT2D eigenvalue weighted by Gasteiger charge is 2.57. The third kappa shape index (κ3) is 5.30. The van der Waals surface area contributed by atoms with Crippen molar-refractivity contribution in [3.63, 3.8) is 0 Å². The van der Waals surface area contributed by atoms with Crippen molar-refractivity contribution < 1.29 is 24.2 Å². The first-order valence-electron chi connectivity index (χ1n) is 14.5. The maximum atomic E-state index is 11.8. The highest BCUT2D eigenvalue weighted by Crippen LogP contribution is 2.66. The SMILES string of the molecule is CCOC(=O)OC1CC[C@@]2(C)C(=CCC3C2CC[C@]2(C)C(c4cccnc4)=CCC32)C1.O=C(O)c1ccccn1. The molecule has 2 heterocycles. The lowest BCUT2D eigenvalue weighted by Gasteiger charge is -2.57. The Kier molecular flexibility index (Phi) is 8.11. The molecule has 7 nitrogen and oxygen atoms in total. The number of carbonyl (C=O) groups excluding carboxylic acids is 1. The molecule has 4 unspecified atom stereocenters. The lowest BCUT2D eigenvalue weighted by atomic mass is 9.47. The van der Waals surface area contributed by atoms with E-state index in [0.717, 1.165) is 37.5 Å². The summed E-state index contributed by atoms with van der Waals surface area (Å²) in [5.74, 6) is 1.19. The number of hydrogen-bond donors (Lipinski definition) is 1. The summed E-state index contributed by atoms with van der Waals surface area (Å²) in [6.45, 7) is 7.18. The predicted molar refractivity (Wildman–Crippen MR) is 152 cm³/mol. The zero-order chi connectivity index (χ0) is 28.3. The monoisotopic (exact) mass is 544 g/mol. The molecule has 0 amide bonds. The highest BCUT2D eigenvalue weighted by molar-refractivity contribution is 5.85. The molecule has 2 aromatic heterocycles. The van der Waals surface area contributed by atoms with Gasteiger partial charge >= 0.3 is 12.1 Å². The molecule has 2 saturated carbocycles. The van der Waals surface area contributed by atoms with Crippen LogP contribution in [0, 0.1) is 28.6 Å². The van der Waals surface area contributed by atoms with Gasteiger partial charge in [0.25, 0.3) is 0 Å². The van der Waals surface area contributed by atoms with E-state index in [1.165, 1.54) is 48.2 Å². The molecule has 1 N–H and O–H groups in total. The Morgan fingerprint density at radius 1 is 1.00 bits per heavy atom. The van der Waals surface area contributed by atoms with E-state index in [-0.39, 0.29) is 22.6 Å². The van der Waals surface area contributed by atoms with Gasteiger partial charge in [-0.1, -0.05) is 43.7 Å². The fraction of sp³-hybridized carbons (Fsp3) is 0.515. The number of hydrogen-bond acceptors (Lipinski definition) is 6. The van der Waals surface area contributed by atoms with Crippen molar-refractivity contribution >= 4 is 17.7 Å². The summed E-state index contributed by atoms with van der Waals surface area (Å²) >= 11 is 0. The summed E-state index contributed by atoms with van der Waals surface area (Å²) in [5, 5.41) is 8.32. The quantitative estimate of drug-likeness (QED) is 0.317. The molecule has 0 spiro atoms. The summed E-state index contributed by atoms with van der Waals surface area (Å²) in [6, 6.07) is 9.04. The van der Waals surface area contributed by atoms with Crippen LogP contribution in [0.15, 0.2) is 66.6 Å². The fourth-order valence-electron chi connectivity index (χ4n) is 8.04. The van der Waals surface area contributed by atoms with Crippen molar-refractivity contribution in [3.05, 3.63) is 77.9 Å². The first kappa shape index (κ1) is 28.1. The van der Waals surface area contributed by atoms with Gasteiger partial charge in [-0.2, -0.15) is 0 Å². The van der Waals surface area contributed by atoms with Crippen molar-refractivity contribution in [1.82, 2.24) is 9.97 Å². The molecule has 0 aromatic carbocycles. The third-order valence-electron chi connectivity index (χ3n) is 10.0. The van der Waals surface area contributed by atoms with Crippen LogP contribution >= 0.6 is 0 Å². The van der Waals surface area contributed by atoms with E-state index in [1.54, 1.807) is 12.1 Å². The van der Waals surface area contributed by atoms with Crippen LogP contribution in [-0.2, 0) is 9.47 Å². The minimum atomic E-state index is -0.990. The molecule has 7 heteroatoms. The van der Waals surface area contributed by atoms with Crippen LogP contribution in [0.1, 0.15) is 81.8 Å². The summed E-state index contributed by atoms with van der Waals surface area (Å²) in [7, 11) is 0. The number of pyridine rings is 2. The predicted octanol–water partition coefficient (Wildman–Crippen LogP) is 7.36. The molecular formula is C33H40N2O5. The van der Waals surface area contributed by atoms with Crippen LogP contribution in [-0.4, -0.2) is 39.9 Å². The molecule has 6 atom stereocenters. The number of fused-ring (bicyclic) bond motifs is 5. The smallest absolute Gasteiger partial charge is 0.477 e. The van der Waals surface area contributed by atoms with Crippen molar-refractivity contribution in [2.24, 2.45) is 28.6 Å². The molecule has 4 aliphatic carbocycles. The summed E-state index contributed by atoms with van der Waals surface area (Å²) < 4.78 is 10.6. The average molecular weight is 545 g/mol. The Morgan fingerprint density at radius 2 is 1.82 bits per heavy atom. The Hall–Kier alpha value is -3.48. The first-order valence-corrected chi connectivity index (χ1v) is 14.5. The van der Waals surface area contributed by atoms with Gasteiger partial charge in [0.2, 0.25) is 0 Å². The van der Waals surface area contributed by atoms with E-state index in [1.807, 2.05) is 19.3 Å². The number of carbonyl (C=O) groups is 2. The van der Waals surface area contributed by atoms with Crippen LogP contribution in [0.5, 0.6) is 0 Å². The number of aromatic nitrogens is 2. The van der Waals surface area contributed by atoms with Gasteiger partial charge in [0.05, 0.1) is 6.61 Å². The van der Waals surface area contributed by atoms with Crippen molar-refractivity contribution in [1.29, 1.82) is 0 Å². The second-order valence-corrected chi connectivity index (χ2v) is 12.0. The second-order valence-electron chi connectivity index (χ2n) is 12.0. The molecule has 2 fully saturated rings. The van der Waals surface area contributed by atoms with E-state index in [2.05, 4.69) is 48.1 Å². The number of allylic oxidation sites excluding steroid dienone is 3. The van der Waals surface area contributed by atoms with Gasteiger partial charge in [0, 0.05) is 25.0 Å². The van der Waals surface area contributed by atoms with Crippen LogP contribution in [0.4, 0.5) is 4.79 Å². The number of nitrogens with zero attached hydrogens (tertiary/aromatic N) is 2. The molecule has 6 rings (SSSR count). The zero-order valence-electron chi connectivity index (χ0n) is 23.7. The minimum Gasteiger partial charge on any atom is -0.477 e. The highest BCUT2D eigenvalue weighted by atomic mass is 16.7. The molecule has 0 aliphatic heterocycles. The third-order valence-corrected chi connectivity index (χ3v) is 10.0. The van der Waals surface area contributed by atoms with Crippen molar-refractivity contribution in [2.45, 2.75) is 71.8 Å². The maximum Gasteiger partial charge on any atom is 0.508 e. The minimum absolute atomic E-state index is 0.0332. The maximum absolute atomic E-state index is 11.8.